The second kappa shape index (κ2) is 5.99. The molecule has 4 nitrogen and oxygen atoms in total. The van der Waals surface area contributed by atoms with Crippen LogP contribution in [0.2, 0.25) is 0 Å². The van der Waals surface area contributed by atoms with Crippen LogP contribution in [0.4, 0.5) is 0 Å². The molecular formula is C14H25O4P. The summed E-state index contributed by atoms with van der Waals surface area (Å²) in [5.41, 5.74) is 0. The molecule has 3 atom stereocenters. The number of phosphoric ester groups is 1. The van der Waals surface area contributed by atoms with Crippen molar-refractivity contribution >= 4 is 7.82 Å². The van der Waals surface area contributed by atoms with Gasteiger partial charge in [0.25, 0.3) is 0 Å². The summed E-state index contributed by atoms with van der Waals surface area (Å²) in [6.45, 7) is 8.28. The fraction of sp³-hybridized carbons (Fsp3) is 0.857. The van der Waals surface area contributed by atoms with Gasteiger partial charge in [-0.3, -0.25) is 9.05 Å². The molecule has 1 heterocycles. The first-order valence-corrected chi connectivity index (χ1v) is 8.69. The first kappa shape index (κ1) is 15.1. The van der Waals surface area contributed by atoms with Crippen molar-refractivity contribution in [3.63, 3.8) is 0 Å². The second-order valence-electron chi connectivity index (χ2n) is 6.06. The van der Waals surface area contributed by atoms with Crippen LogP contribution in [0.15, 0.2) is 11.8 Å². The van der Waals surface area contributed by atoms with Gasteiger partial charge in [-0.2, -0.15) is 0 Å². The Hall–Kier alpha value is -0.310. The fourth-order valence-corrected chi connectivity index (χ4v) is 4.37. The minimum atomic E-state index is -3.41. The van der Waals surface area contributed by atoms with E-state index in [1.807, 2.05) is 19.9 Å². The summed E-state index contributed by atoms with van der Waals surface area (Å²) in [7, 11) is -3.41. The Bertz CT molecular complexity index is 377. The molecular weight excluding hydrogens is 263 g/mol. The Morgan fingerprint density at radius 2 is 1.95 bits per heavy atom. The van der Waals surface area contributed by atoms with Crippen LogP contribution in [0.1, 0.15) is 53.4 Å². The van der Waals surface area contributed by atoms with Crippen molar-refractivity contribution in [2.75, 3.05) is 0 Å². The molecule has 0 spiro atoms. The zero-order valence-corrected chi connectivity index (χ0v) is 13.2. The van der Waals surface area contributed by atoms with Gasteiger partial charge < -0.3 is 4.52 Å². The van der Waals surface area contributed by atoms with Crippen LogP contribution in [0.5, 0.6) is 0 Å². The molecule has 0 N–H and O–H groups in total. The van der Waals surface area contributed by atoms with Crippen molar-refractivity contribution in [2.24, 2.45) is 11.8 Å². The molecule has 2 rings (SSSR count). The average Bonchev–Trinajstić information content (AvgIpc) is 2.26. The minimum Gasteiger partial charge on any atom is -0.409 e. The van der Waals surface area contributed by atoms with Crippen molar-refractivity contribution < 1.29 is 18.1 Å². The summed E-state index contributed by atoms with van der Waals surface area (Å²) in [6, 6.07) is 0. The molecule has 19 heavy (non-hydrogen) atoms. The number of rotatable bonds is 3. The summed E-state index contributed by atoms with van der Waals surface area (Å²) in [5, 5.41) is 0. The predicted octanol–water partition coefficient (Wildman–Crippen LogP) is 4.67. The van der Waals surface area contributed by atoms with E-state index in [-0.39, 0.29) is 12.2 Å². The van der Waals surface area contributed by atoms with Crippen molar-refractivity contribution in [3.8, 4) is 0 Å². The Kier molecular flexibility index (Phi) is 4.75. The lowest BCUT2D eigenvalue weighted by molar-refractivity contribution is 0.0106. The van der Waals surface area contributed by atoms with Gasteiger partial charge in [0.2, 0.25) is 0 Å². The van der Waals surface area contributed by atoms with E-state index in [0.29, 0.717) is 11.8 Å². The average molecular weight is 288 g/mol. The third-order valence-corrected chi connectivity index (χ3v) is 5.56. The highest BCUT2D eigenvalue weighted by atomic mass is 31.2. The largest absolute Gasteiger partial charge is 0.530 e. The van der Waals surface area contributed by atoms with E-state index in [9.17, 15) is 4.57 Å². The highest BCUT2D eigenvalue weighted by Crippen LogP contribution is 2.57. The lowest BCUT2D eigenvalue weighted by Gasteiger charge is -2.32. The van der Waals surface area contributed by atoms with Gasteiger partial charge in [0.05, 0.1) is 12.2 Å². The van der Waals surface area contributed by atoms with Crippen LogP contribution in [0.25, 0.3) is 0 Å². The maximum Gasteiger partial charge on any atom is 0.530 e. The first-order valence-electron chi connectivity index (χ1n) is 7.23. The van der Waals surface area contributed by atoms with E-state index in [2.05, 4.69) is 13.8 Å². The van der Waals surface area contributed by atoms with E-state index < -0.39 is 7.82 Å². The smallest absolute Gasteiger partial charge is 0.409 e. The zero-order chi connectivity index (χ0) is 14.0. The Balaban J connectivity index is 1.96. The number of hydrogen-bond acceptors (Lipinski definition) is 4. The van der Waals surface area contributed by atoms with Crippen molar-refractivity contribution in [2.45, 2.75) is 65.6 Å². The van der Waals surface area contributed by atoms with E-state index in [1.165, 1.54) is 0 Å². The number of phosphoric acid groups is 1. The molecule has 0 aromatic heterocycles. The van der Waals surface area contributed by atoms with Gasteiger partial charge in [-0.1, -0.05) is 13.8 Å². The highest BCUT2D eigenvalue weighted by Gasteiger charge is 2.39. The van der Waals surface area contributed by atoms with E-state index in [4.69, 9.17) is 13.6 Å². The van der Waals surface area contributed by atoms with Gasteiger partial charge in [-0.05, 0) is 44.6 Å². The molecule has 1 fully saturated rings. The molecule has 0 saturated carbocycles. The molecule has 0 aromatic rings. The molecule has 5 heteroatoms. The van der Waals surface area contributed by atoms with E-state index in [0.717, 1.165) is 31.4 Å². The molecule has 1 aliphatic heterocycles. The molecule has 0 radical (unpaired) electrons. The van der Waals surface area contributed by atoms with Crippen LogP contribution in [0, 0.1) is 11.8 Å². The zero-order valence-electron chi connectivity index (χ0n) is 12.3. The lowest BCUT2D eigenvalue weighted by atomic mass is 9.85. The SMILES string of the molecule is CC(C)C1CC=C(OP2(=O)O[C@@H](C)C[C@H](C)O2)CC1. The molecule has 2 aliphatic rings. The number of allylic oxidation sites excluding steroid dienone is 2. The third kappa shape index (κ3) is 4.08. The van der Waals surface area contributed by atoms with Crippen molar-refractivity contribution in [3.05, 3.63) is 11.8 Å². The molecule has 1 saturated heterocycles. The quantitative estimate of drug-likeness (QED) is 0.708. The summed E-state index contributed by atoms with van der Waals surface area (Å²) < 4.78 is 28.8. The van der Waals surface area contributed by atoms with Gasteiger partial charge in [0.15, 0.2) is 0 Å². The molecule has 110 valence electrons. The summed E-state index contributed by atoms with van der Waals surface area (Å²) in [5.74, 6) is 2.14. The van der Waals surface area contributed by atoms with Crippen LogP contribution < -0.4 is 0 Å². The molecule has 0 bridgehead atoms. The molecule has 0 aromatic carbocycles. The Morgan fingerprint density at radius 3 is 2.42 bits per heavy atom. The highest BCUT2D eigenvalue weighted by molar-refractivity contribution is 7.48. The maximum absolute atomic E-state index is 12.4. The van der Waals surface area contributed by atoms with Crippen LogP contribution in [0.3, 0.4) is 0 Å². The van der Waals surface area contributed by atoms with Crippen LogP contribution >= 0.6 is 7.82 Å². The third-order valence-electron chi connectivity index (χ3n) is 3.86. The molecule has 1 unspecified atom stereocenters. The maximum atomic E-state index is 12.4. The monoisotopic (exact) mass is 288 g/mol. The van der Waals surface area contributed by atoms with Gasteiger partial charge in [0.1, 0.15) is 5.76 Å². The Labute approximate surface area is 116 Å². The fourth-order valence-electron chi connectivity index (χ4n) is 2.72. The summed E-state index contributed by atoms with van der Waals surface area (Å²) in [6.07, 6.45) is 5.52. The summed E-state index contributed by atoms with van der Waals surface area (Å²) in [4.78, 5) is 0. The lowest BCUT2D eigenvalue weighted by Crippen LogP contribution is -2.25. The number of hydrogen-bond donors (Lipinski definition) is 0. The normalized spacial score (nSPS) is 40.1. The molecule has 1 aliphatic carbocycles. The van der Waals surface area contributed by atoms with Crippen molar-refractivity contribution in [1.82, 2.24) is 0 Å². The van der Waals surface area contributed by atoms with Gasteiger partial charge in [-0.15, -0.1) is 0 Å². The van der Waals surface area contributed by atoms with E-state index in [1.54, 1.807) is 0 Å². The predicted molar refractivity (Wildman–Crippen MR) is 74.7 cm³/mol. The minimum absolute atomic E-state index is 0.0813. The van der Waals surface area contributed by atoms with Crippen LogP contribution in [-0.4, -0.2) is 12.2 Å². The van der Waals surface area contributed by atoms with Gasteiger partial charge >= 0.3 is 7.82 Å². The van der Waals surface area contributed by atoms with Crippen LogP contribution in [-0.2, 0) is 18.1 Å². The first-order chi connectivity index (χ1) is 8.88. The van der Waals surface area contributed by atoms with Gasteiger partial charge in [-0.25, -0.2) is 4.57 Å². The second-order valence-corrected chi connectivity index (χ2v) is 7.55. The summed E-state index contributed by atoms with van der Waals surface area (Å²) >= 11 is 0. The van der Waals surface area contributed by atoms with E-state index >= 15 is 0 Å². The molecule has 0 amide bonds. The van der Waals surface area contributed by atoms with Gasteiger partial charge in [0, 0.05) is 12.8 Å². The van der Waals surface area contributed by atoms with Crippen molar-refractivity contribution in [1.29, 1.82) is 0 Å². The Morgan fingerprint density at radius 1 is 1.32 bits per heavy atom. The topological polar surface area (TPSA) is 44.8 Å². The standard InChI is InChI=1S/C14H25O4P/c1-10(2)13-5-7-14(8-6-13)18-19(15)16-11(3)9-12(4)17-19/h7,10-13H,5-6,8-9H2,1-4H3/t11-,12-,13?/m0/s1.